The number of methoxy groups -OCH3 is 2. The zero-order chi connectivity index (χ0) is 12.1. The van der Waals surface area contributed by atoms with Crippen LogP contribution in [-0.2, 0) is 9.47 Å². The monoisotopic (exact) mass is 243 g/mol. The maximum Gasteiger partial charge on any atom is 0.193 e. The van der Waals surface area contributed by atoms with Crippen LogP contribution in [0.25, 0.3) is 0 Å². The van der Waals surface area contributed by atoms with Gasteiger partial charge in [-0.15, -0.1) is 0 Å². The van der Waals surface area contributed by atoms with Crippen LogP contribution in [0.5, 0.6) is 0 Å². The molecule has 2 heterocycles. The van der Waals surface area contributed by atoms with Crippen molar-refractivity contribution < 1.29 is 9.47 Å². The van der Waals surface area contributed by atoms with Gasteiger partial charge in [-0.25, -0.2) is 0 Å². The molecular formula is C12H25N3O2. The van der Waals surface area contributed by atoms with Crippen molar-refractivity contribution in [2.24, 2.45) is 0 Å². The average molecular weight is 243 g/mol. The third-order valence-electron chi connectivity index (χ3n) is 3.83. The van der Waals surface area contributed by atoms with Crippen molar-refractivity contribution in [2.45, 2.75) is 12.2 Å². The van der Waals surface area contributed by atoms with Crippen molar-refractivity contribution in [2.75, 3.05) is 66.6 Å². The van der Waals surface area contributed by atoms with Gasteiger partial charge in [-0.1, -0.05) is 0 Å². The fourth-order valence-corrected chi connectivity index (χ4v) is 2.59. The van der Waals surface area contributed by atoms with Crippen molar-refractivity contribution in [3.8, 4) is 0 Å². The molecule has 1 N–H and O–H groups in total. The summed E-state index contributed by atoms with van der Waals surface area (Å²) >= 11 is 0. The molecule has 0 aromatic rings. The van der Waals surface area contributed by atoms with Crippen molar-refractivity contribution >= 4 is 0 Å². The van der Waals surface area contributed by atoms with E-state index in [9.17, 15) is 0 Å². The van der Waals surface area contributed by atoms with Crippen molar-refractivity contribution in [3.05, 3.63) is 0 Å². The summed E-state index contributed by atoms with van der Waals surface area (Å²) in [6.45, 7) is 8.84. The Morgan fingerprint density at radius 1 is 1.00 bits per heavy atom. The summed E-state index contributed by atoms with van der Waals surface area (Å²) in [5.74, 6) is -0.324. The molecule has 0 amide bonds. The molecule has 0 unspecified atom stereocenters. The number of ether oxygens (including phenoxy) is 2. The molecule has 5 nitrogen and oxygen atoms in total. The minimum Gasteiger partial charge on any atom is -0.351 e. The lowest BCUT2D eigenvalue weighted by atomic mass is 10.1. The van der Waals surface area contributed by atoms with Crippen LogP contribution >= 0.6 is 0 Å². The Labute approximate surface area is 104 Å². The van der Waals surface area contributed by atoms with Crippen molar-refractivity contribution in [1.29, 1.82) is 0 Å². The average Bonchev–Trinajstić information content (AvgIpc) is 2.34. The normalized spacial score (nSPS) is 25.8. The molecule has 2 rings (SSSR count). The molecule has 0 aliphatic carbocycles. The predicted octanol–water partition coefficient (Wildman–Crippen LogP) is -0.414. The molecule has 0 bridgehead atoms. The lowest BCUT2D eigenvalue weighted by Crippen LogP contribution is -2.64. The minimum absolute atomic E-state index is 0.324. The van der Waals surface area contributed by atoms with Gasteiger partial charge in [0.1, 0.15) is 0 Å². The molecule has 0 aromatic carbocycles. The highest BCUT2D eigenvalue weighted by Crippen LogP contribution is 2.24. The summed E-state index contributed by atoms with van der Waals surface area (Å²) < 4.78 is 10.7. The molecule has 0 atom stereocenters. The Balaban J connectivity index is 1.55. The predicted molar refractivity (Wildman–Crippen MR) is 67.1 cm³/mol. The molecule has 2 aliphatic heterocycles. The van der Waals surface area contributed by atoms with Crippen LogP contribution in [0, 0.1) is 0 Å². The minimum atomic E-state index is -0.324. The highest BCUT2D eigenvalue weighted by molar-refractivity contribution is 4.89. The summed E-state index contributed by atoms with van der Waals surface area (Å²) in [5.41, 5.74) is 0. The van der Waals surface area contributed by atoms with Gasteiger partial charge in [0.25, 0.3) is 0 Å². The van der Waals surface area contributed by atoms with E-state index in [-0.39, 0.29) is 5.79 Å². The fourth-order valence-electron chi connectivity index (χ4n) is 2.59. The van der Waals surface area contributed by atoms with Crippen molar-refractivity contribution in [1.82, 2.24) is 15.1 Å². The van der Waals surface area contributed by atoms with Crippen LogP contribution in [0.3, 0.4) is 0 Å². The molecule has 0 radical (unpaired) electrons. The molecule has 100 valence electrons. The van der Waals surface area contributed by atoms with Crippen molar-refractivity contribution in [3.63, 3.8) is 0 Å². The topological polar surface area (TPSA) is 37.0 Å². The largest absolute Gasteiger partial charge is 0.351 e. The number of piperazine rings is 1. The molecule has 0 spiro atoms. The summed E-state index contributed by atoms with van der Waals surface area (Å²) in [6.07, 6.45) is 1.24. The van der Waals surface area contributed by atoms with Crippen LogP contribution in [0.4, 0.5) is 0 Å². The van der Waals surface area contributed by atoms with Gasteiger partial charge in [0.05, 0.1) is 13.1 Å². The second-order valence-corrected chi connectivity index (χ2v) is 4.97. The second kappa shape index (κ2) is 6.11. The first-order chi connectivity index (χ1) is 8.28. The van der Waals surface area contributed by atoms with Gasteiger partial charge in [-0.05, 0) is 19.5 Å². The second-order valence-electron chi connectivity index (χ2n) is 4.97. The van der Waals surface area contributed by atoms with E-state index in [1.165, 1.54) is 26.1 Å². The first kappa shape index (κ1) is 13.2. The number of nitrogens with zero attached hydrogens (tertiary/aromatic N) is 2. The highest BCUT2D eigenvalue weighted by atomic mass is 16.7. The molecule has 0 saturated carbocycles. The van der Waals surface area contributed by atoms with Gasteiger partial charge in [-0.3, -0.25) is 4.90 Å². The number of hydrogen-bond donors (Lipinski definition) is 1. The first-order valence-electron chi connectivity index (χ1n) is 6.54. The van der Waals surface area contributed by atoms with E-state index in [0.29, 0.717) is 0 Å². The van der Waals surface area contributed by atoms with Crippen LogP contribution < -0.4 is 5.32 Å². The lowest BCUT2D eigenvalue weighted by Gasteiger charge is -2.47. The Morgan fingerprint density at radius 3 is 2.18 bits per heavy atom. The number of nitrogens with one attached hydrogen (secondary N) is 1. The Hall–Kier alpha value is -0.200. The van der Waals surface area contributed by atoms with Gasteiger partial charge in [0, 0.05) is 40.4 Å². The summed E-state index contributed by atoms with van der Waals surface area (Å²) in [4.78, 5) is 4.94. The maximum atomic E-state index is 5.37. The molecular weight excluding hydrogens is 218 g/mol. The molecule has 5 heteroatoms. The van der Waals surface area contributed by atoms with Gasteiger partial charge in [-0.2, -0.15) is 0 Å². The number of hydrogen-bond acceptors (Lipinski definition) is 5. The molecule has 17 heavy (non-hydrogen) atoms. The molecule has 2 saturated heterocycles. The number of rotatable bonds is 6. The van der Waals surface area contributed by atoms with E-state index in [1.807, 2.05) is 0 Å². The van der Waals surface area contributed by atoms with E-state index in [4.69, 9.17) is 9.47 Å². The Kier molecular flexibility index (Phi) is 4.76. The third kappa shape index (κ3) is 3.39. The molecule has 2 fully saturated rings. The maximum absolute atomic E-state index is 5.37. The fraction of sp³-hybridized carbons (Fsp3) is 1.00. The van der Waals surface area contributed by atoms with Crippen LogP contribution in [0.2, 0.25) is 0 Å². The first-order valence-corrected chi connectivity index (χ1v) is 6.54. The van der Waals surface area contributed by atoms with Crippen LogP contribution in [0.15, 0.2) is 0 Å². The van der Waals surface area contributed by atoms with E-state index in [1.54, 1.807) is 14.2 Å². The summed E-state index contributed by atoms with van der Waals surface area (Å²) in [5, 5.41) is 3.38. The molecule has 0 aromatic heterocycles. The van der Waals surface area contributed by atoms with Gasteiger partial charge >= 0.3 is 0 Å². The van der Waals surface area contributed by atoms with Gasteiger partial charge in [0.15, 0.2) is 5.79 Å². The Morgan fingerprint density at radius 2 is 1.59 bits per heavy atom. The molecule has 2 aliphatic rings. The smallest absolute Gasteiger partial charge is 0.193 e. The standard InChI is InChI=1S/C12H25N3O2/c1-16-12(17-2)10-15(11-12)7-3-6-14-8-4-13-5-9-14/h13H,3-11H2,1-2H3. The lowest BCUT2D eigenvalue weighted by molar-refractivity contribution is -0.275. The number of likely N-dealkylation sites (tertiary alicyclic amines) is 1. The van der Waals surface area contributed by atoms with E-state index in [0.717, 1.165) is 32.7 Å². The van der Waals surface area contributed by atoms with E-state index >= 15 is 0 Å². The highest BCUT2D eigenvalue weighted by Gasteiger charge is 2.43. The zero-order valence-electron chi connectivity index (χ0n) is 11.1. The van der Waals surface area contributed by atoms with Crippen LogP contribution in [-0.4, -0.2) is 82.2 Å². The SMILES string of the molecule is COC1(OC)CN(CCCN2CCNCC2)C1. The zero-order valence-corrected chi connectivity index (χ0v) is 11.1. The van der Waals surface area contributed by atoms with Crippen LogP contribution in [0.1, 0.15) is 6.42 Å². The third-order valence-corrected chi connectivity index (χ3v) is 3.83. The Bertz CT molecular complexity index is 220. The summed E-state index contributed by atoms with van der Waals surface area (Å²) in [7, 11) is 3.45. The van der Waals surface area contributed by atoms with E-state index in [2.05, 4.69) is 15.1 Å². The quantitative estimate of drug-likeness (QED) is 0.642. The van der Waals surface area contributed by atoms with E-state index < -0.39 is 0 Å². The van der Waals surface area contributed by atoms with Gasteiger partial charge in [0.2, 0.25) is 0 Å². The van der Waals surface area contributed by atoms with Gasteiger partial charge < -0.3 is 19.7 Å². The summed E-state index contributed by atoms with van der Waals surface area (Å²) in [6, 6.07) is 0.